The first-order valence-corrected chi connectivity index (χ1v) is 10.2. The molecule has 1 aromatic heterocycles. The molecule has 3 saturated heterocycles. The monoisotopic (exact) mass is 394 g/mol. The van der Waals surface area contributed by atoms with Gasteiger partial charge in [0.05, 0.1) is 30.9 Å². The number of nitrogens with one attached hydrogen (secondary N) is 1. The van der Waals surface area contributed by atoms with E-state index in [4.69, 9.17) is 9.47 Å². The molecule has 3 fully saturated rings. The third-order valence-electron chi connectivity index (χ3n) is 6.72. The fourth-order valence-electron chi connectivity index (χ4n) is 5.38. The van der Waals surface area contributed by atoms with Crippen LogP contribution < -0.4 is 15.0 Å². The third kappa shape index (κ3) is 3.04. The predicted molar refractivity (Wildman–Crippen MR) is 108 cm³/mol. The number of benzene rings is 1. The van der Waals surface area contributed by atoms with Crippen molar-refractivity contribution in [3.63, 3.8) is 0 Å². The molecule has 1 N–H and O–H groups in total. The van der Waals surface area contributed by atoms with E-state index in [1.807, 2.05) is 31.2 Å². The summed E-state index contributed by atoms with van der Waals surface area (Å²) in [5, 5.41) is 3.14. The molecule has 4 atom stereocenters. The van der Waals surface area contributed by atoms with Gasteiger partial charge in [0.25, 0.3) is 5.91 Å². The summed E-state index contributed by atoms with van der Waals surface area (Å²) in [5.74, 6) is 1.95. The van der Waals surface area contributed by atoms with Crippen molar-refractivity contribution in [3.05, 3.63) is 47.8 Å². The van der Waals surface area contributed by atoms with E-state index in [0.717, 1.165) is 37.4 Å². The van der Waals surface area contributed by atoms with Gasteiger partial charge < -0.3 is 19.7 Å². The number of fused-ring (bicyclic) bond motifs is 1. The molecular formula is C22H26N4O3. The highest BCUT2D eigenvalue weighted by Gasteiger charge is 2.63. The molecule has 2 bridgehead atoms. The summed E-state index contributed by atoms with van der Waals surface area (Å²) in [4.78, 5) is 23.9. The van der Waals surface area contributed by atoms with Crippen LogP contribution >= 0.6 is 0 Å². The van der Waals surface area contributed by atoms with Gasteiger partial charge in [-0.15, -0.1) is 0 Å². The van der Waals surface area contributed by atoms with Gasteiger partial charge in [0.2, 0.25) is 5.95 Å². The number of aryl methyl sites for hydroxylation is 1. The molecule has 3 aliphatic heterocycles. The first kappa shape index (κ1) is 18.4. The summed E-state index contributed by atoms with van der Waals surface area (Å²) < 4.78 is 11.8. The van der Waals surface area contributed by atoms with Crippen LogP contribution in [0.3, 0.4) is 0 Å². The average molecular weight is 394 g/mol. The topological polar surface area (TPSA) is 76.6 Å². The van der Waals surface area contributed by atoms with E-state index in [1.165, 1.54) is 0 Å². The van der Waals surface area contributed by atoms with Gasteiger partial charge in [-0.3, -0.25) is 4.79 Å². The summed E-state index contributed by atoms with van der Waals surface area (Å²) in [6.07, 6.45) is 5.90. The van der Waals surface area contributed by atoms with E-state index in [0.29, 0.717) is 29.7 Å². The fourth-order valence-corrected chi connectivity index (χ4v) is 5.38. The predicted octanol–water partition coefficient (Wildman–Crippen LogP) is 2.21. The van der Waals surface area contributed by atoms with E-state index in [9.17, 15) is 4.79 Å². The van der Waals surface area contributed by atoms with E-state index in [1.54, 1.807) is 19.5 Å². The molecule has 2 aromatic rings. The number of rotatable bonds is 5. The quantitative estimate of drug-likeness (QED) is 0.838. The van der Waals surface area contributed by atoms with Crippen LogP contribution in [0.2, 0.25) is 0 Å². The van der Waals surface area contributed by atoms with E-state index in [2.05, 4.69) is 20.2 Å². The second kappa shape index (κ2) is 6.99. The smallest absolute Gasteiger partial charge is 0.255 e. The zero-order valence-electron chi connectivity index (χ0n) is 16.8. The van der Waals surface area contributed by atoms with Crippen LogP contribution in [-0.2, 0) is 4.74 Å². The number of amides is 1. The van der Waals surface area contributed by atoms with Crippen LogP contribution in [0.5, 0.6) is 5.75 Å². The minimum atomic E-state index is -0.125. The maximum Gasteiger partial charge on any atom is 0.255 e. The number of carbonyl (C=O) groups excluding carboxylic acids is 1. The highest BCUT2D eigenvalue weighted by Crippen LogP contribution is 2.54. The van der Waals surface area contributed by atoms with Gasteiger partial charge in [0.15, 0.2) is 0 Å². The van der Waals surface area contributed by atoms with Gasteiger partial charge in [-0.25, -0.2) is 9.97 Å². The molecule has 29 heavy (non-hydrogen) atoms. The molecule has 0 unspecified atom stereocenters. The van der Waals surface area contributed by atoms with Gasteiger partial charge in [-0.2, -0.15) is 0 Å². The first-order chi connectivity index (χ1) is 14.1. The Labute approximate surface area is 170 Å². The number of nitrogens with zero attached hydrogens (tertiary/aromatic N) is 3. The van der Waals surface area contributed by atoms with Gasteiger partial charge in [0.1, 0.15) is 5.75 Å². The molecule has 0 radical (unpaired) electrons. The highest BCUT2D eigenvalue weighted by atomic mass is 16.5. The molecule has 1 aromatic carbocycles. The normalized spacial score (nSPS) is 29.7. The minimum Gasteiger partial charge on any atom is -0.496 e. The first-order valence-electron chi connectivity index (χ1n) is 10.2. The number of hydrogen-bond acceptors (Lipinski definition) is 6. The van der Waals surface area contributed by atoms with Crippen molar-refractivity contribution in [2.75, 3.05) is 31.6 Å². The second-order valence-corrected chi connectivity index (χ2v) is 8.37. The molecule has 4 heterocycles. The maximum absolute atomic E-state index is 12.9. The van der Waals surface area contributed by atoms with Gasteiger partial charge in [0, 0.05) is 37.3 Å². The molecular weight excluding hydrogens is 368 g/mol. The van der Waals surface area contributed by atoms with Crippen LogP contribution in [0, 0.1) is 18.8 Å². The van der Waals surface area contributed by atoms with Crippen LogP contribution in [-0.4, -0.2) is 54.3 Å². The minimum absolute atomic E-state index is 0.0939. The summed E-state index contributed by atoms with van der Waals surface area (Å²) >= 11 is 0. The van der Waals surface area contributed by atoms with E-state index >= 15 is 0 Å². The van der Waals surface area contributed by atoms with Crippen molar-refractivity contribution in [1.29, 1.82) is 0 Å². The number of hydrogen-bond donors (Lipinski definition) is 1. The van der Waals surface area contributed by atoms with Crippen LogP contribution in [0.4, 0.5) is 5.95 Å². The summed E-state index contributed by atoms with van der Waals surface area (Å²) in [6.45, 7) is 4.28. The van der Waals surface area contributed by atoms with Crippen molar-refractivity contribution in [3.8, 4) is 5.75 Å². The summed E-state index contributed by atoms with van der Waals surface area (Å²) in [5.41, 5.74) is 1.49. The SMILES string of the molecule is COc1ccc(C)cc1C(=O)NC[C@H]1[C@H]2CN(c3ncccn3)C[C@]23CC[C@H]1O3. The Morgan fingerprint density at radius 1 is 1.38 bits per heavy atom. The Morgan fingerprint density at radius 2 is 2.21 bits per heavy atom. The Morgan fingerprint density at radius 3 is 3.00 bits per heavy atom. The lowest BCUT2D eigenvalue weighted by Gasteiger charge is -2.29. The van der Waals surface area contributed by atoms with E-state index in [-0.39, 0.29) is 17.6 Å². The summed E-state index contributed by atoms with van der Waals surface area (Å²) in [7, 11) is 1.59. The van der Waals surface area contributed by atoms with Crippen molar-refractivity contribution >= 4 is 11.9 Å². The number of ether oxygens (including phenoxy) is 2. The summed E-state index contributed by atoms with van der Waals surface area (Å²) in [6, 6.07) is 7.49. The largest absolute Gasteiger partial charge is 0.496 e. The Balaban J connectivity index is 1.30. The van der Waals surface area contributed by atoms with Crippen molar-refractivity contribution in [2.24, 2.45) is 11.8 Å². The molecule has 1 amide bonds. The molecule has 7 heteroatoms. The Hall–Kier alpha value is -2.67. The van der Waals surface area contributed by atoms with Crippen LogP contribution in [0.15, 0.2) is 36.7 Å². The van der Waals surface area contributed by atoms with E-state index < -0.39 is 0 Å². The van der Waals surface area contributed by atoms with Crippen molar-refractivity contribution in [1.82, 2.24) is 15.3 Å². The van der Waals surface area contributed by atoms with Crippen LogP contribution in [0.1, 0.15) is 28.8 Å². The Bertz CT molecular complexity index is 922. The zero-order chi connectivity index (χ0) is 20.0. The highest BCUT2D eigenvalue weighted by molar-refractivity contribution is 5.97. The second-order valence-electron chi connectivity index (χ2n) is 8.37. The lowest BCUT2D eigenvalue weighted by Crippen LogP contribution is -2.42. The van der Waals surface area contributed by atoms with Gasteiger partial charge in [-0.05, 0) is 38.0 Å². The van der Waals surface area contributed by atoms with Gasteiger partial charge >= 0.3 is 0 Å². The molecule has 3 aliphatic rings. The maximum atomic E-state index is 12.9. The molecule has 1 spiro atoms. The molecule has 7 nitrogen and oxygen atoms in total. The number of carbonyl (C=O) groups is 1. The lowest BCUT2D eigenvalue weighted by atomic mass is 9.73. The standard InChI is InChI=1S/C22H26N4O3/c1-14-4-5-18(28-2)15(10-14)20(27)25-11-16-17-12-26(21-23-8-3-9-24-21)13-22(17)7-6-19(16)29-22/h3-5,8-10,16-17,19H,6-7,11-13H2,1-2H3,(H,25,27)/t16-,17+,19+,22+/m0/s1. The molecule has 5 rings (SSSR count). The zero-order valence-corrected chi connectivity index (χ0v) is 16.8. The lowest BCUT2D eigenvalue weighted by molar-refractivity contribution is 0.0141. The molecule has 0 saturated carbocycles. The number of anilines is 1. The molecule has 152 valence electrons. The molecule has 0 aliphatic carbocycles. The van der Waals surface area contributed by atoms with Crippen molar-refractivity contribution in [2.45, 2.75) is 31.5 Å². The number of methoxy groups -OCH3 is 1. The third-order valence-corrected chi connectivity index (χ3v) is 6.72. The average Bonchev–Trinajstić information content (AvgIpc) is 3.41. The van der Waals surface area contributed by atoms with Gasteiger partial charge in [-0.1, -0.05) is 11.6 Å². The van der Waals surface area contributed by atoms with Crippen molar-refractivity contribution < 1.29 is 14.3 Å². The number of aromatic nitrogens is 2. The Kier molecular flexibility index (Phi) is 4.42. The fraction of sp³-hybridized carbons (Fsp3) is 0.500. The van der Waals surface area contributed by atoms with Crippen LogP contribution in [0.25, 0.3) is 0 Å².